The van der Waals surface area contributed by atoms with Crippen LogP contribution in [0.15, 0.2) is 24.3 Å². The molecule has 2 fully saturated rings. The van der Waals surface area contributed by atoms with Gasteiger partial charge in [-0.1, -0.05) is 56.9 Å². The van der Waals surface area contributed by atoms with Gasteiger partial charge in [-0.2, -0.15) is 0 Å². The molecule has 0 aliphatic carbocycles. The average molecular weight is 261 g/mol. The number of rotatable bonds is 7. The Labute approximate surface area is 119 Å². The van der Waals surface area contributed by atoms with Gasteiger partial charge in [0.2, 0.25) is 0 Å². The molecule has 2 heterocycles. The Kier molecular flexibility index (Phi) is 6.70. The minimum absolute atomic E-state index is 0.728. The van der Waals surface area contributed by atoms with E-state index in [1.807, 2.05) is 0 Å². The second-order valence-electron chi connectivity index (χ2n) is 6.19. The zero-order valence-electron chi connectivity index (χ0n) is 12.7. The standard InChI is InChI=1S/C18H31N/c1-2-3-4-5-6-7-8-9-12-17-13-10-14-18-15-11-16-19(17)18/h7-9,12,17-18H,2-6,10-11,13-16H2,1H3/b8-7+,12-9+/t17?,18-/m1/s1. The fourth-order valence-electron chi connectivity index (χ4n) is 3.60. The van der Waals surface area contributed by atoms with E-state index in [-0.39, 0.29) is 0 Å². The third-order valence-corrected chi connectivity index (χ3v) is 4.69. The van der Waals surface area contributed by atoms with Gasteiger partial charge in [-0.05, 0) is 45.1 Å². The molecule has 1 nitrogen and oxygen atoms in total. The summed E-state index contributed by atoms with van der Waals surface area (Å²) in [6.45, 7) is 3.61. The van der Waals surface area contributed by atoms with Crippen LogP contribution in [0.2, 0.25) is 0 Å². The summed E-state index contributed by atoms with van der Waals surface area (Å²) < 4.78 is 0. The van der Waals surface area contributed by atoms with Gasteiger partial charge in [0.05, 0.1) is 0 Å². The van der Waals surface area contributed by atoms with Crippen molar-refractivity contribution in [1.29, 1.82) is 0 Å². The lowest BCUT2D eigenvalue weighted by Crippen LogP contribution is -2.41. The van der Waals surface area contributed by atoms with Crippen molar-refractivity contribution in [2.45, 2.75) is 83.2 Å². The zero-order valence-corrected chi connectivity index (χ0v) is 12.7. The number of unbranched alkanes of at least 4 members (excludes halogenated alkanes) is 4. The fourth-order valence-corrected chi connectivity index (χ4v) is 3.60. The monoisotopic (exact) mass is 261 g/mol. The summed E-state index contributed by atoms with van der Waals surface area (Å²) in [5.41, 5.74) is 0. The lowest BCUT2D eigenvalue weighted by Gasteiger charge is -2.36. The van der Waals surface area contributed by atoms with E-state index in [1.54, 1.807) is 0 Å². The summed E-state index contributed by atoms with van der Waals surface area (Å²) in [6.07, 6.45) is 23.2. The molecule has 2 saturated heterocycles. The van der Waals surface area contributed by atoms with Crippen molar-refractivity contribution in [3.63, 3.8) is 0 Å². The van der Waals surface area contributed by atoms with Crippen molar-refractivity contribution in [3.8, 4) is 0 Å². The van der Waals surface area contributed by atoms with E-state index in [9.17, 15) is 0 Å². The third kappa shape index (κ3) is 4.80. The molecule has 0 amide bonds. The largest absolute Gasteiger partial charge is 0.294 e. The van der Waals surface area contributed by atoms with E-state index in [1.165, 1.54) is 70.8 Å². The number of fused-ring (bicyclic) bond motifs is 1. The van der Waals surface area contributed by atoms with E-state index in [2.05, 4.69) is 36.1 Å². The Morgan fingerprint density at radius 3 is 2.79 bits per heavy atom. The molecule has 2 aliphatic rings. The van der Waals surface area contributed by atoms with Crippen LogP contribution < -0.4 is 0 Å². The van der Waals surface area contributed by atoms with E-state index in [0.717, 1.165) is 12.1 Å². The van der Waals surface area contributed by atoms with Gasteiger partial charge in [-0.15, -0.1) is 0 Å². The van der Waals surface area contributed by atoms with Gasteiger partial charge in [0.15, 0.2) is 0 Å². The molecular formula is C18H31N. The maximum Gasteiger partial charge on any atom is 0.0284 e. The van der Waals surface area contributed by atoms with E-state index in [4.69, 9.17) is 0 Å². The summed E-state index contributed by atoms with van der Waals surface area (Å²) in [5, 5.41) is 0. The van der Waals surface area contributed by atoms with Crippen LogP contribution in [0, 0.1) is 0 Å². The number of nitrogens with zero attached hydrogens (tertiary/aromatic N) is 1. The Morgan fingerprint density at radius 2 is 1.89 bits per heavy atom. The molecule has 108 valence electrons. The van der Waals surface area contributed by atoms with Crippen molar-refractivity contribution < 1.29 is 0 Å². The molecule has 0 aromatic rings. The van der Waals surface area contributed by atoms with Gasteiger partial charge in [0.1, 0.15) is 0 Å². The van der Waals surface area contributed by atoms with Crippen LogP contribution in [-0.4, -0.2) is 23.5 Å². The van der Waals surface area contributed by atoms with Gasteiger partial charge in [-0.25, -0.2) is 0 Å². The predicted octanol–water partition coefficient (Wildman–Crippen LogP) is 5.09. The molecule has 2 aliphatic heterocycles. The molecule has 0 saturated carbocycles. The normalized spacial score (nSPS) is 28.5. The van der Waals surface area contributed by atoms with Crippen LogP contribution in [0.1, 0.15) is 71.1 Å². The van der Waals surface area contributed by atoms with Crippen molar-refractivity contribution >= 4 is 0 Å². The van der Waals surface area contributed by atoms with Crippen LogP contribution in [0.3, 0.4) is 0 Å². The highest BCUT2D eigenvalue weighted by Crippen LogP contribution is 2.31. The molecule has 0 spiro atoms. The van der Waals surface area contributed by atoms with Gasteiger partial charge in [-0.3, -0.25) is 4.90 Å². The van der Waals surface area contributed by atoms with Crippen molar-refractivity contribution in [3.05, 3.63) is 24.3 Å². The minimum atomic E-state index is 0.728. The molecular weight excluding hydrogens is 230 g/mol. The van der Waals surface area contributed by atoms with Gasteiger partial charge >= 0.3 is 0 Å². The van der Waals surface area contributed by atoms with Crippen LogP contribution in [-0.2, 0) is 0 Å². The number of hydrogen-bond donors (Lipinski definition) is 0. The van der Waals surface area contributed by atoms with E-state index >= 15 is 0 Å². The highest BCUT2D eigenvalue weighted by atomic mass is 15.2. The Balaban J connectivity index is 1.65. The first-order chi connectivity index (χ1) is 9.42. The average Bonchev–Trinajstić information content (AvgIpc) is 2.91. The molecule has 19 heavy (non-hydrogen) atoms. The highest BCUT2D eigenvalue weighted by Gasteiger charge is 2.32. The lowest BCUT2D eigenvalue weighted by molar-refractivity contribution is 0.153. The van der Waals surface area contributed by atoms with Crippen LogP contribution in [0.5, 0.6) is 0 Å². The molecule has 0 N–H and O–H groups in total. The van der Waals surface area contributed by atoms with Crippen LogP contribution in [0.25, 0.3) is 0 Å². The second-order valence-corrected chi connectivity index (χ2v) is 6.19. The van der Waals surface area contributed by atoms with Gasteiger partial charge < -0.3 is 0 Å². The lowest BCUT2D eigenvalue weighted by atomic mass is 9.96. The molecule has 2 rings (SSSR count). The Morgan fingerprint density at radius 1 is 1.00 bits per heavy atom. The van der Waals surface area contributed by atoms with Crippen molar-refractivity contribution in [1.82, 2.24) is 4.90 Å². The highest BCUT2D eigenvalue weighted by molar-refractivity contribution is 5.08. The summed E-state index contributed by atoms with van der Waals surface area (Å²) in [6, 6.07) is 1.63. The van der Waals surface area contributed by atoms with Gasteiger partial charge in [0, 0.05) is 12.1 Å². The maximum absolute atomic E-state index is 2.75. The molecule has 0 radical (unpaired) electrons. The quantitative estimate of drug-likeness (QED) is 0.456. The smallest absolute Gasteiger partial charge is 0.0284 e. The number of allylic oxidation sites excluding steroid dienone is 3. The van der Waals surface area contributed by atoms with Crippen molar-refractivity contribution in [2.24, 2.45) is 0 Å². The molecule has 2 atom stereocenters. The van der Waals surface area contributed by atoms with Gasteiger partial charge in [0.25, 0.3) is 0 Å². The first kappa shape index (κ1) is 14.8. The first-order valence-corrected chi connectivity index (χ1v) is 8.51. The molecule has 1 heteroatoms. The Hall–Kier alpha value is -0.560. The summed E-state index contributed by atoms with van der Waals surface area (Å²) in [4.78, 5) is 2.75. The van der Waals surface area contributed by atoms with Crippen LogP contribution >= 0.6 is 0 Å². The first-order valence-electron chi connectivity index (χ1n) is 8.51. The topological polar surface area (TPSA) is 3.24 Å². The number of piperidine rings is 1. The van der Waals surface area contributed by atoms with Crippen LogP contribution in [0.4, 0.5) is 0 Å². The van der Waals surface area contributed by atoms with Crippen molar-refractivity contribution in [2.75, 3.05) is 6.54 Å². The molecule has 1 unspecified atom stereocenters. The predicted molar refractivity (Wildman–Crippen MR) is 84.4 cm³/mol. The zero-order chi connectivity index (χ0) is 13.3. The fraction of sp³-hybridized carbons (Fsp3) is 0.778. The molecule has 0 aromatic carbocycles. The number of hydrogen-bond acceptors (Lipinski definition) is 1. The summed E-state index contributed by atoms with van der Waals surface area (Å²) in [5.74, 6) is 0. The third-order valence-electron chi connectivity index (χ3n) is 4.69. The van der Waals surface area contributed by atoms with E-state index < -0.39 is 0 Å². The minimum Gasteiger partial charge on any atom is -0.294 e. The van der Waals surface area contributed by atoms with E-state index in [0.29, 0.717) is 0 Å². The molecule has 0 bridgehead atoms. The summed E-state index contributed by atoms with van der Waals surface area (Å²) in [7, 11) is 0. The summed E-state index contributed by atoms with van der Waals surface area (Å²) >= 11 is 0. The SMILES string of the molecule is CCCCCC/C=C/C=C/C1CCC[C@@H]2CCCN12. The second kappa shape index (κ2) is 8.58. The Bertz CT molecular complexity index is 292. The maximum atomic E-state index is 2.75. The molecule has 0 aromatic heterocycles.